The van der Waals surface area contributed by atoms with Crippen LogP contribution in [-0.2, 0) is 0 Å². The lowest BCUT2D eigenvalue weighted by Crippen LogP contribution is -2.42. The average molecular weight is 288 g/mol. The lowest BCUT2D eigenvalue weighted by molar-refractivity contribution is 0.144. The van der Waals surface area contributed by atoms with Crippen LogP contribution in [0.25, 0.3) is 11.0 Å². The van der Waals surface area contributed by atoms with E-state index in [9.17, 15) is 4.39 Å². The maximum absolute atomic E-state index is 13.3. The van der Waals surface area contributed by atoms with Gasteiger partial charge in [0, 0.05) is 6.04 Å². The van der Waals surface area contributed by atoms with E-state index in [1.165, 1.54) is 31.4 Å². The van der Waals surface area contributed by atoms with Gasteiger partial charge in [-0.2, -0.15) is 0 Å². The number of aromatic amines is 1. The third-order valence-corrected chi connectivity index (χ3v) is 4.85. The first-order valence-corrected chi connectivity index (χ1v) is 7.93. The minimum absolute atomic E-state index is 0.209. The number of H-pyrrole nitrogens is 1. The minimum atomic E-state index is -0.209. The fraction of sp³-hybridized carbons (Fsp3) is 0.562. The molecule has 2 saturated heterocycles. The average Bonchev–Trinajstić information content (AvgIpc) is 3.13. The molecule has 0 spiro atoms. The number of likely N-dealkylation sites (tertiary alicyclic amines) is 1. The highest BCUT2D eigenvalue weighted by Gasteiger charge is 2.34. The predicted molar refractivity (Wildman–Crippen MR) is 80.6 cm³/mol. The van der Waals surface area contributed by atoms with Gasteiger partial charge in [-0.05, 0) is 63.5 Å². The molecular formula is C16H21FN4. The second-order valence-electron chi connectivity index (χ2n) is 6.16. The van der Waals surface area contributed by atoms with E-state index in [0.29, 0.717) is 12.1 Å². The van der Waals surface area contributed by atoms with Crippen molar-refractivity contribution in [1.82, 2.24) is 20.2 Å². The summed E-state index contributed by atoms with van der Waals surface area (Å²) in [6.07, 6.45) is 4.79. The second-order valence-corrected chi connectivity index (χ2v) is 6.16. The van der Waals surface area contributed by atoms with Crippen molar-refractivity contribution in [1.29, 1.82) is 0 Å². The molecule has 4 rings (SSSR count). The number of aromatic nitrogens is 2. The number of hydrogen-bond acceptors (Lipinski definition) is 3. The molecule has 1 aromatic heterocycles. The Hall–Kier alpha value is -1.46. The molecule has 2 aromatic rings. The van der Waals surface area contributed by atoms with Crippen LogP contribution in [0.1, 0.15) is 37.5 Å². The molecule has 0 aliphatic carbocycles. The highest BCUT2D eigenvalue weighted by Crippen LogP contribution is 2.35. The Balaban J connectivity index is 1.63. The smallest absolute Gasteiger partial charge is 0.125 e. The molecule has 0 radical (unpaired) electrons. The van der Waals surface area contributed by atoms with E-state index in [0.717, 1.165) is 42.9 Å². The first kappa shape index (κ1) is 13.2. The van der Waals surface area contributed by atoms with Crippen LogP contribution in [0, 0.1) is 5.82 Å². The lowest BCUT2D eigenvalue weighted by atomic mass is 10.0. The van der Waals surface area contributed by atoms with E-state index < -0.39 is 0 Å². The van der Waals surface area contributed by atoms with Gasteiger partial charge in [0.05, 0.1) is 17.1 Å². The molecule has 2 aliphatic heterocycles. The number of rotatable bonds is 2. The maximum Gasteiger partial charge on any atom is 0.125 e. The summed E-state index contributed by atoms with van der Waals surface area (Å²) in [5.74, 6) is 0.797. The van der Waals surface area contributed by atoms with Crippen molar-refractivity contribution in [2.24, 2.45) is 0 Å². The number of nitrogens with zero attached hydrogens (tertiary/aromatic N) is 2. The molecule has 2 fully saturated rings. The van der Waals surface area contributed by atoms with Gasteiger partial charge < -0.3 is 10.3 Å². The van der Waals surface area contributed by atoms with Crippen molar-refractivity contribution in [3.05, 3.63) is 29.8 Å². The van der Waals surface area contributed by atoms with Crippen molar-refractivity contribution in [3.63, 3.8) is 0 Å². The van der Waals surface area contributed by atoms with Gasteiger partial charge in [0.15, 0.2) is 0 Å². The van der Waals surface area contributed by atoms with Crippen LogP contribution in [0.5, 0.6) is 0 Å². The lowest BCUT2D eigenvalue weighted by Gasteiger charge is -2.35. The normalized spacial score (nSPS) is 24.9. The molecule has 2 N–H and O–H groups in total. The van der Waals surface area contributed by atoms with E-state index in [1.54, 1.807) is 6.07 Å². The van der Waals surface area contributed by atoms with Crippen molar-refractivity contribution < 1.29 is 4.39 Å². The van der Waals surface area contributed by atoms with Gasteiger partial charge >= 0.3 is 0 Å². The van der Waals surface area contributed by atoms with Gasteiger partial charge in [0.1, 0.15) is 11.6 Å². The Bertz CT molecular complexity index is 632. The zero-order valence-electron chi connectivity index (χ0n) is 12.1. The van der Waals surface area contributed by atoms with Gasteiger partial charge in [-0.25, -0.2) is 9.37 Å². The second kappa shape index (κ2) is 5.39. The Labute approximate surface area is 123 Å². The summed E-state index contributed by atoms with van der Waals surface area (Å²) in [6, 6.07) is 5.79. The number of halogens is 1. The summed E-state index contributed by atoms with van der Waals surface area (Å²) in [6.45, 7) is 3.37. The molecular weight excluding hydrogens is 267 g/mol. The summed E-state index contributed by atoms with van der Waals surface area (Å²) in [7, 11) is 0. The number of nitrogens with one attached hydrogen (secondary N) is 2. The van der Waals surface area contributed by atoms with Crippen LogP contribution >= 0.6 is 0 Å². The van der Waals surface area contributed by atoms with E-state index in [4.69, 9.17) is 4.98 Å². The standard InChI is InChI=1S/C16H21FN4/c17-11-3-4-13-14(10-11)20-16(19-13)15-2-1-9-21(15)12-5-7-18-8-6-12/h3-4,10,12,15,18H,1-2,5-9H2,(H,19,20). The third kappa shape index (κ3) is 2.45. The van der Waals surface area contributed by atoms with E-state index in [-0.39, 0.29) is 5.82 Å². The van der Waals surface area contributed by atoms with Crippen molar-refractivity contribution in [2.75, 3.05) is 19.6 Å². The summed E-state index contributed by atoms with van der Waals surface area (Å²) in [5, 5.41) is 3.43. The first-order chi connectivity index (χ1) is 10.3. The molecule has 5 heteroatoms. The molecule has 1 atom stereocenters. The largest absolute Gasteiger partial charge is 0.341 e. The topological polar surface area (TPSA) is 44.0 Å². The van der Waals surface area contributed by atoms with Crippen LogP contribution in [-0.4, -0.2) is 40.5 Å². The summed E-state index contributed by atoms with van der Waals surface area (Å²) < 4.78 is 13.3. The van der Waals surface area contributed by atoms with E-state index in [2.05, 4.69) is 15.2 Å². The minimum Gasteiger partial charge on any atom is -0.341 e. The number of fused-ring (bicyclic) bond motifs is 1. The molecule has 4 nitrogen and oxygen atoms in total. The van der Waals surface area contributed by atoms with Crippen molar-refractivity contribution in [3.8, 4) is 0 Å². The molecule has 21 heavy (non-hydrogen) atoms. The summed E-state index contributed by atoms with van der Waals surface area (Å²) >= 11 is 0. The fourth-order valence-corrected chi connectivity index (χ4v) is 3.82. The molecule has 2 aliphatic rings. The predicted octanol–water partition coefficient (Wildman–Crippen LogP) is 2.59. The van der Waals surface area contributed by atoms with Crippen molar-refractivity contribution >= 4 is 11.0 Å². The Morgan fingerprint density at radius 3 is 2.90 bits per heavy atom. The highest BCUT2D eigenvalue weighted by atomic mass is 19.1. The van der Waals surface area contributed by atoms with E-state index in [1.807, 2.05) is 0 Å². The number of piperidine rings is 1. The number of imidazole rings is 1. The fourth-order valence-electron chi connectivity index (χ4n) is 3.82. The van der Waals surface area contributed by atoms with Gasteiger partial charge in [-0.15, -0.1) is 0 Å². The molecule has 112 valence electrons. The molecule has 1 unspecified atom stereocenters. The Morgan fingerprint density at radius 2 is 2.05 bits per heavy atom. The van der Waals surface area contributed by atoms with E-state index >= 15 is 0 Å². The third-order valence-electron chi connectivity index (χ3n) is 4.85. The van der Waals surface area contributed by atoms with Gasteiger partial charge in [-0.1, -0.05) is 0 Å². The van der Waals surface area contributed by atoms with Gasteiger partial charge in [0.25, 0.3) is 0 Å². The molecule has 1 aromatic carbocycles. The number of hydrogen-bond donors (Lipinski definition) is 2. The van der Waals surface area contributed by atoms with Crippen LogP contribution in [0.4, 0.5) is 4.39 Å². The van der Waals surface area contributed by atoms with Crippen LogP contribution < -0.4 is 5.32 Å². The molecule has 0 saturated carbocycles. The Kier molecular flexibility index (Phi) is 3.39. The monoisotopic (exact) mass is 288 g/mol. The summed E-state index contributed by atoms with van der Waals surface area (Å²) in [5.41, 5.74) is 1.67. The first-order valence-electron chi connectivity index (χ1n) is 7.93. The zero-order valence-corrected chi connectivity index (χ0v) is 12.1. The molecule has 0 amide bonds. The van der Waals surface area contributed by atoms with Gasteiger partial charge in [0.2, 0.25) is 0 Å². The van der Waals surface area contributed by atoms with Crippen LogP contribution in [0.2, 0.25) is 0 Å². The maximum atomic E-state index is 13.3. The van der Waals surface area contributed by atoms with Crippen LogP contribution in [0.3, 0.4) is 0 Å². The summed E-state index contributed by atoms with van der Waals surface area (Å²) in [4.78, 5) is 10.6. The highest BCUT2D eigenvalue weighted by molar-refractivity contribution is 5.75. The van der Waals surface area contributed by atoms with Crippen LogP contribution in [0.15, 0.2) is 18.2 Å². The van der Waals surface area contributed by atoms with Crippen molar-refractivity contribution in [2.45, 2.75) is 37.8 Å². The van der Waals surface area contributed by atoms with Gasteiger partial charge in [-0.3, -0.25) is 4.90 Å². The quantitative estimate of drug-likeness (QED) is 0.892. The SMILES string of the molecule is Fc1ccc2nc(C3CCCN3C3CCNCC3)[nH]c2c1. The zero-order chi connectivity index (χ0) is 14.2. The molecule has 0 bridgehead atoms. The molecule has 3 heterocycles. The Morgan fingerprint density at radius 1 is 1.19 bits per heavy atom. The number of benzene rings is 1.